The molecule has 0 aliphatic carbocycles. The predicted molar refractivity (Wildman–Crippen MR) is 112 cm³/mol. The first-order chi connectivity index (χ1) is 14.5. The van der Waals surface area contributed by atoms with Crippen molar-refractivity contribution in [1.82, 2.24) is 5.32 Å². The molecule has 0 saturated carbocycles. The van der Waals surface area contributed by atoms with Gasteiger partial charge in [-0.25, -0.2) is 0 Å². The Kier molecular flexibility index (Phi) is 6.34. The Balaban J connectivity index is 1.79. The largest absolute Gasteiger partial charge is 0.507 e. The normalized spacial score (nSPS) is 10.7. The Hall–Kier alpha value is -4.26. The molecule has 30 heavy (non-hydrogen) atoms. The molecule has 3 rings (SSSR count). The fourth-order valence-corrected chi connectivity index (χ4v) is 2.63. The van der Waals surface area contributed by atoms with E-state index in [-0.39, 0.29) is 28.7 Å². The van der Waals surface area contributed by atoms with E-state index in [0.29, 0.717) is 17.8 Å². The third kappa shape index (κ3) is 4.96. The first kappa shape index (κ1) is 20.5. The molecular formula is C23H19N3O4. The number of azo groups is 1. The average Bonchev–Trinajstić information content (AvgIpc) is 2.77. The summed E-state index contributed by atoms with van der Waals surface area (Å²) in [6.45, 7) is 3.74. The van der Waals surface area contributed by atoms with Crippen molar-refractivity contribution in [2.45, 2.75) is 6.54 Å². The number of hydrogen-bond acceptors (Lipinski definition) is 6. The number of nitrogens with zero attached hydrogens (tertiary/aromatic N) is 2. The summed E-state index contributed by atoms with van der Waals surface area (Å²) in [5.74, 6) is -1.30. The predicted octanol–water partition coefficient (Wildman–Crippen LogP) is 4.55. The standard InChI is InChI=1S/C23H19N3O4/c1-2-22(29)24-14-15-8-10-17(11-9-15)25-26-19-12-18(20(27)13-21(19)28)23(30)16-6-4-3-5-7-16/h2-13,27-28H,1,14H2,(H,24,29)/b26-25+. The maximum Gasteiger partial charge on any atom is 0.243 e. The first-order valence-electron chi connectivity index (χ1n) is 9.04. The van der Waals surface area contributed by atoms with Crippen molar-refractivity contribution in [2.24, 2.45) is 10.2 Å². The number of carbonyl (C=O) groups is 2. The molecule has 0 fully saturated rings. The third-order valence-corrected chi connectivity index (χ3v) is 4.24. The fraction of sp³-hybridized carbons (Fsp3) is 0.0435. The Morgan fingerprint density at radius 2 is 1.63 bits per heavy atom. The van der Waals surface area contributed by atoms with Crippen LogP contribution in [0.3, 0.4) is 0 Å². The lowest BCUT2D eigenvalue weighted by Gasteiger charge is -2.07. The van der Waals surface area contributed by atoms with Crippen LogP contribution in [-0.4, -0.2) is 21.9 Å². The van der Waals surface area contributed by atoms with Gasteiger partial charge in [0.2, 0.25) is 5.91 Å². The molecule has 0 aliphatic heterocycles. The van der Waals surface area contributed by atoms with Crippen molar-refractivity contribution in [1.29, 1.82) is 0 Å². The van der Waals surface area contributed by atoms with E-state index in [1.807, 2.05) is 0 Å². The van der Waals surface area contributed by atoms with Gasteiger partial charge in [0.05, 0.1) is 11.3 Å². The van der Waals surface area contributed by atoms with Gasteiger partial charge >= 0.3 is 0 Å². The second-order valence-corrected chi connectivity index (χ2v) is 6.34. The van der Waals surface area contributed by atoms with Crippen LogP contribution in [0.1, 0.15) is 21.5 Å². The van der Waals surface area contributed by atoms with Crippen LogP contribution < -0.4 is 5.32 Å². The third-order valence-electron chi connectivity index (χ3n) is 4.24. The van der Waals surface area contributed by atoms with E-state index < -0.39 is 5.78 Å². The Morgan fingerprint density at radius 1 is 0.933 bits per heavy atom. The second kappa shape index (κ2) is 9.29. The smallest absolute Gasteiger partial charge is 0.243 e. The summed E-state index contributed by atoms with van der Waals surface area (Å²) in [4.78, 5) is 23.8. The zero-order chi connectivity index (χ0) is 21.5. The molecule has 7 nitrogen and oxygen atoms in total. The summed E-state index contributed by atoms with van der Waals surface area (Å²) in [5.41, 5.74) is 1.85. The molecule has 1 amide bonds. The van der Waals surface area contributed by atoms with Crippen LogP contribution >= 0.6 is 0 Å². The quantitative estimate of drug-likeness (QED) is 0.306. The van der Waals surface area contributed by atoms with Crippen LogP contribution in [0, 0.1) is 0 Å². The molecule has 150 valence electrons. The number of amides is 1. The van der Waals surface area contributed by atoms with Crippen LogP contribution in [-0.2, 0) is 11.3 Å². The lowest BCUT2D eigenvalue weighted by Crippen LogP contribution is -2.19. The lowest BCUT2D eigenvalue weighted by atomic mass is 10.0. The van der Waals surface area contributed by atoms with Gasteiger partial charge < -0.3 is 15.5 Å². The van der Waals surface area contributed by atoms with E-state index in [4.69, 9.17) is 0 Å². The number of carbonyl (C=O) groups excluding carboxylic acids is 2. The molecule has 0 aliphatic rings. The topological polar surface area (TPSA) is 111 Å². The number of aromatic hydroxyl groups is 2. The van der Waals surface area contributed by atoms with Crippen molar-refractivity contribution >= 4 is 23.1 Å². The van der Waals surface area contributed by atoms with Gasteiger partial charge in [-0.05, 0) is 29.8 Å². The highest BCUT2D eigenvalue weighted by Gasteiger charge is 2.16. The maximum absolute atomic E-state index is 12.6. The number of phenolic OH excluding ortho intramolecular Hbond substituents is 2. The molecule has 0 bridgehead atoms. The molecular weight excluding hydrogens is 382 g/mol. The van der Waals surface area contributed by atoms with E-state index >= 15 is 0 Å². The number of nitrogens with one attached hydrogen (secondary N) is 1. The van der Waals surface area contributed by atoms with Crippen molar-refractivity contribution in [3.05, 3.63) is 96.1 Å². The van der Waals surface area contributed by atoms with E-state index in [2.05, 4.69) is 22.1 Å². The molecule has 0 radical (unpaired) electrons. The molecule has 0 saturated heterocycles. The van der Waals surface area contributed by atoms with Crippen molar-refractivity contribution < 1.29 is 19.8 Å². The van der Waals surface area contributed by atoms with Gasteiger partial charge in [0.15, 0.2) is 5.78 Å². The summed E-state index contributed by atoms with van der Waals surface area (Å²) in [5, 5.41) is 30.9. The highest BCUT2D eigenvalue weighted by atomic mass is 16.3. The van der Waals surface area contributed by atoms with Gasteiger partial charge in [0.1, 0.15) is 17.2 Å². The highest BCUT2D eigenvalue weighted by Crippen LogP contribution is 2.35. The van der Waals surface area contributed by atoms with Crippen LogP contribution in [0.4, 0.5) is 11.4 Å². The number of benzene rings is 3. The van der Waals surface area contributed by atoms with Crippen LogP contribution in [0.5, 0.6) is 11.5 Å². The minimum absolute atomic E-state index is 0.0151. The molecule has 0 aromatic heterocycles. The molecule has 3 aromatic carbocycles. The highest BCUT2D eigenvalue weighted by molar-refractivity contribution is 6.11. The van der Waals surface area contributed by atoms with Crippen molar-refractivity contribution in [3.63, 3.8) is 0 Å². The van der Waals surface area contributed by atoms with E-state index in [1.54, 1.807) is 54.6 Å². The first-order valence-corrected chi connectivity index (χ1v) is 9.04. The maximum atomic E-state index is 12.6. The van der Waals surface area contributed by atoms with Gasteiger partial charge in [-0.15, -0.1) is 5.11 Å². The van der Waals surface area contributed by atoms with Crippen molar-refractivity contribution in [3.8, 4) is 11.5 Å². The number of rotatable bonds is 7. The fourth-order valence-electron chi connectivity index (χ4n) is 2.63. The van der Waals surface area contributed by atoms with Gasteiger partial charge in [-0.1, -0.05) is 49.0 Å². The average molecular weight is 401 g/mol. The van der Waals surface area contributed by atoms with Crippen LogP contribution in [0.25, 0.3) is 0 Å². The molecule has 3 N–H and O–H groups in total. The number of hydrogen-bond donors (Lipinski definition) is 3. The van der Waals surface area contributed by atoms with Gasteiger partial charge in [0.25, 0.3) is 0 Å². The summed E-state index contributed by atoms with van der Waals surface area (Å²) in [7, 11) is 0. The van der Waals surface area contributed by atoms with Gasteiger partial charge in [-0.3, -0.25) is 9.59 Å². The number of ketones is 1. The second-order valence-electron chi connectivity index (χ2n) is 6.34. The minimum atomic E-state index is -0.393. The Bertz CT molecular complexity index is 1110. The van der Waals surface area contributed by atoms with Crippen LogP contribution in [0.2, 0.25) is 0 Å². The van der Waals surface area contributed by atoms with E-state index in [9.17, 15) is 19.8 Å². The summed E-state index contributed by atoms with van der Waals surface area (Å²) in [6, 6.07) is 17.8. The molecule has 0 heterocycles. The van der Waals surface area contributed by atoms with Gasteiger partial charge in [-0.2, -0.15) is 5.11 Å². The zero-order valence-electron chi connectivity index (χ0n) is 15.9. The van der Waals surface area contributed by atoms with E-state index in [0.717, 1.165) is 11.6 Å². The molecule has 3 aromatic rings. The van der Waals surface area contributed by atoms with E-state index in [1.165, 1.54) is 12.1 Å². The minimum Gasteiger partial charge on any atom is -0.507 e. The summed E-state index contributed by atoms with van der Waals surface area (Å²) < 4.78 is 0. The molecule has 0 atom stereocenters. The molecule has 0 unspecified atom stereocenters. The zero-order valence-corrected chi connectivity index (χ0v) is 15.9. The van der Waals surface area contributed by atoms with Crippen LogP contribution in [0.15, 0.2) is 89.6 Å². The van der Waals surface area contributed by atoms with Crippen molar-refractivity contribution in [2.75, 3.05) is 0 Å². The monoisotopic (exact) mass is 401 g/mol. The summed E-state index contributed by atoms with van der Waals surface area (Å²) >= 11 is 0. The number of phenols is 2. The molecule has 0 spiro atoms. The summed E-state index contributed by atoms with van der Waals surface area (Å²) in [6.07, 6.45) is 1.20. The Labute approximate surface area is 173 Å². The van der Waals surface area contributed by atoms with Gasteiger partial charge in [0, 0.05) is 18.2 Å². The Morgan fingerprint density at radius 3 is 2.30 bits per heavy atom. The lowest BCUT2D eigenvalue weighted by molar-refractivity contribution is -0.116. The SMILES string of the molecule is C=CC(=O)NCc1ccc(/N=N/c2cc(C(=O)c3ccccc3)c(O)cc2O)cc1. The molecule has 7 heteroatoms.